The summed E-state index contributed by atoms with van der Waals surface area (Å²) in [6.07, 6.45) is -0.0128. The third-order valence-corrected chi connectivity index (χ3v) is 2.72. The zero-order valence-corrected chi connectivity index (χ0v) is 12.8. The van der Waals surface area contributed by atoms with Crippen molar-refractivity contribution in [2.45, 2.75) is 19.4 Å². The zero-order valence-electron chi connectivity index (χ0n) is 12.8. The summed E-state index contributed by atoms with van der Waals surface area (Å²) >= 11 is 0. The summed E-state index contributed by atoms with van der Waals surface area (Å²) in [5.41, 5.74) is 0. The lowest BCUT2D eigenvalue weighted by molar-refractivity contribution is -0.149. The molecule has 21 heavy (non-hydrogen) atoms. The molecule has 0 aromatic heterocycles. The first kappa shape index (κ1) is 19.3. The quantitative estimate of drug-likeness (QED) is 0.429. The van der Waals surface area contributed by atoms with E-state index >= 15 is 0 Å². The van der Waals surface area contributed by atoms with E-state index in [1.807, 2.05) is 0 Å². The van der Waals surface area contributed by atoms with Crippen LogP contribution in [0.1, 0.15) is 13.3 Å². The van der Waals surface area contributed by atoms with Gasteiger partial charge < -0.3 is 24.3 Å². The molecule has 0 aromatic carbocycles. The molecule has 0 bridgehead atoms. The van der Waals surface area contributed by atoms with E-state index in [0.29, 0.717) is 6.61 Å². The van der Waals surface area contributed by atoms with E-state index in [1.165, 1.54) is 21.3 Å². The second kappa shape index (κ2) is 11.0. The minimum atomic E-state index is -0.937. The highest BCUT2D eigenvalue weighted by Crippen LogP contribution is 2.11. The summed E-state index contributed by atoms with van der Waals surface area (Å²) < 4.78 is 19.0. The number of rotatable bonds is 10. The molecular weight excluding hydrogens is 282 g/mol. The van der Waals surface area contributed by atoms with Crippen LogP contribution in [0.4, 0.5) is 0 Å². The fraction of sp³-hybridized carbons (Fsp3) is 0.769. The van der Waals surface area contributed by atoms with E-state index in [2.05, 4.69) is 14.8 Å². The lowest BCUT2D eigenvalue weighted by Gasteiger charge is -2.22. The smallest absolute Gasteiger partial charge is 0.328 e. The molecule has 122 valence electrons. The van der Waals surface area contributed by atoms with Crippen molar-refractivity contribution in [2.24, 2.45) is 5.92 Å². The Bertz CT molecular complexity index is 345. The Hall–Kier alpha value is -1.67. The van der Waals surface area contributed by atoms with Gasteiger partial charge in [-0.3, -0.25) is 9.59 Å². The van der Waals surface area contributed by atoms with Gasteiger partial charge in [0.2, 0.25) is 5.91 Å². The molecule has 2 atom stereocenters. The minimum absolute atomic E-state index is 0.0128. The fourth-order valence-corrected chi connectivity index (χ4v) is 1.55. The summed E-state index contributed by atoms with van der Waals surface area (Å²) in [5, 5.41) is 2.49. The van der Waals surface area contributed by atoms with Gasteiger partial charge in [0.05, 0.1) is 33.9 Å². The van der Waals surface area contributed by atoms with Gasteiger partial charge in [0.15, 0.2) is 0 Å². The van der Waals surface area contributed by atoms with Crippen molar-refractivity contribution >= 4 is 17.8 Å². The van der Waals surface area contributed by atoms with Crippen molar-refractivity contribution in [1.29, 1.82) is 0 Å². The van der Waals surface area contributed by atoms with Gasteiger partial charge in [0, 0.05) is 7.11 Å². The molecule has 0 aliphatic heterocycles. The predicted molar refractivity (Wildman–Crippen MR) is 72.4 cm³/mol. The second-order valence-electron chi connectivity index (χ2n) is 4.37. The molecule has 0 fully saturated rings. The van der Waals surface area contributed by atoms with Crippen molar-refractivity contribution in [3.8, 4) is 0 Å². The maximum atomic E-state index is 11.7. The number of esters is 2. The van der Waals surface area contributed by atoms with Gasteiger partial charge in [-0.2, -0.15) is 0 Å². The first-order valence-corrected chi connectivity index (χ1v) is 6.46. The van der Waals surface area contributed by atoms with Gasteiger partial charge in [-0.15, -0.1) is 0 Å². The molecule has 1 amide bonds. The monoisotopic (exact) mass is 305 g/mol. The number of amides is 1. The van der Waals surface area contributed by atoms with Gasteiger partial charge in [-0.1, -0.05) is 6.92 Å². The van der Waals surface area contributed by atoms with Crippen molar-refractivity contribution in [1.82, 2.24) is 5.32 Å². The van der Waals surface area contributed by atoms with Crippen LogP contribution in [0.2, 0.25) is 0 Å². The summed E-state index contributed by atoms with van der Waals surface area (Å²) in [6, 6.07) is -0.937. The van der Waals surface area contributed by atoms with Gasteiger partial charge in [0.25, 0.3) is 0 Å². The maximum Gasteiger partial charge on any atom is 0.328 e. The SMILES string of the molecule is COCCOCC(=O)N[C@@H](C(=O)OC)[C@@H](C)CC(=O)OC. The minimum Gasteiger partial charge on any atom is -0.469 e. The third kappa shape index (κ3) is 8.26. The average molecular weight is 305 g/mol. The zero-order chi connectivity index (χ0) is 16.3. The van der Waals surface area contributed by atoms with Crippen LogP contribution in [0.3, 0.4) is 0 Å². The molecule has 0 aliphatic rings. The van der Waals surface area contributed by atoms with Crippen LogP contribution >= 0.6 is 0 Å². The summed E-state index contributed by atoms with van der Waals surface area (Å²) in [6.45, 7) is 2.07. The van der Waals surface area contributed by atoms with Gasteiger partial charge >= 0.3 is 11.9 Å². The van der Waals surface area contributed by atoms with Crippen molar-refractivity contribution < 1.29 is 33.3 Å². The Labute approximate surface area is 124 Å². The topological polar surface area (TPSA) is 100 Å². The third-order valence-electron chi connectivity index (χ3n) is 2.72. The predicted octanol–water partition coefficient (Wildman–Crippen LogP) is -0.494. The van der Waals surface area contributed by atoms with Crippen molar-refractivity contribution in [3.63, 3.8) is 0 Å². The number of carbonyl (C=O) groups excluding carboxylic acids is 3. The van der Waals surface area contributed by atoms with Crippen LogP contribution in [-0.2, 0) is 33.3 Å². The number of hydrogen-bond donors (Lipinski definition) is 1. The molecule has 0 unspecified atom stereocenters. The van der Waals surface area contributed by atoms with E-state index in [1.54, 1.807) is 6.92 Å². The van der Waals surface area contributed by atoms with Crippen LogP contribution in [0, 0.1) is 5.92 Å². The maximum absolute atomic E-state index is 11.7. The molecular formula is C13H23NO7. The van der Waals surface area contributed by atoms with Crippen LogP contribution in [0.15, 0.2) is 0 Å². The standard InChI is InChI=1S/C13H23NO7/c1-9(7-11(16)19-3)12(13(17)20-4)14-10(15)8-21-6-5-18-2/h9,12H,5-8H2,1-4H3,(H,14,15)/t9-,12+/m0/s1. The van der Waals surface area contributed by atoms with Gasteiger partial charge in [0.1, 0.15) is 12.6 Å². The molecule has 0 aromatic rings. The molecule has 0 aliphatic carbocycles. The van der Waals surface area contributed by atoms with Crippen LogP contribution in [-0.4, -0.2) is 65.0 Å². The van der Waals surface area contributed by atoms with Crippen LogP contribution in [0.25, 0.3) is 0 Å². The van der Waals surface area contributed by atoms with Crippen molar-refractivity contribution in [3.05, 3.63) is 0 Å². The molecule has 0 radical (unpaired) electrons. The number of hydrogen-bond acceptors (Lipinski definition) is 7. The molecule has 1 N–H and O–H groups in total. The van der Waals surface area contributed by atoms with E-state index in [4.69, 9.17) is 9.47 Å². The highest BCUT2D eigenvalue weighted by Gasteiger charge is 2.29. The number of methoxy groups -OCH3 is 3. The van der Waals surface area contributed by atoms with E-state index in [0.717, 1.165) is 0 Å². The Balaban J connectivity index is 4.44. The molecule has 0 rings (SSSR count). The van der Waals surface area contributed by atoms with E-state index in [-0.39, 0.29) is 19.6 Å². The number of carbonyl (C=O) groups is 3. The number of nitrogens with one attached hydrogen (secondary N) is 1. The van der Waals surface area contributed by atoms with Crippen molar-refractivity contribution in [2.75, 3.05) is 41.2 Å². The fourth-order valence-electron chi connectivity index (χ4n) is 1.55. The lowest BCUT2D eigenvalue weighted by Crippen LogP contribution is -2.47. The Kier molecular flexibility index (Phi) is 10.2. The number of ether oxygens (including phenoxy) is 4. The Morgan fingerprint density at radius 2 is 1.71 bits per heavy atom. The van der Waals surface area contributed by atoms with E-state index < -0.39 is 29.8 Å². The molecule has 0 saturated heterocycles. The molecule has 0 saturated carbocycles. The summed E-state index contributed by atoms with van der Waals surface area (Å²) in [4.78, 5) is 34.6. The second-order valence-corrected chi connectivity index (χ2v) is 4.37. The average Bonchev–Trinajstić information content (AvgIpc) is 2.48. The van der Waals surface area contributed by atoms with Crippen LogP contribution in [0.5, 0.6) is 0 Å². The summed E-state index contributed by atoms with van der Waals surface area (Å²) in [7, 11) is 3.98. The molecule has 0 spiro atoms. The Morgan fingerprint density at radius 3 is 2.24 bits per heavy atom. The summed E-state index contributed by atoms with van der Waals surface area (Å²) in [5.74, 6) is -2.04. The van der Waals surface area contributed by atoms with Gasteiger partial charge in [-0.05, 0) is 5.92 Å². The lowest BCUT2D eigenvalue weighted by atomic mass is 9.98. The highest BCUT2D eigenvalue weighted by atomic mass is 16.5. The largest absolute Gasteiger partial charge is 0.469 e. The van der Waals surface area contributed by atoms with Gasteiger partial charge in [-0.25, -0.2) is 4.79 Å². The van der Waals surface area contributed by atoms with Crippen LogP contribution < -0.4 is 5.32 Å². The Morgan fingerprint density at radius 1 is 1.05 bits per heavy atom. The molecule has 8 heteroatoms. The first-order chi connectivity index (χ1) is 9.96. The van der Waals surface area contributed by atoms with E-state index in [9.17, 15) is 14.4 Å². The molecule has 8 nitrogen and oxygen atoms in total. The first-order valence-electron chi connectivity index (χ1n) is 6.46. The normalized spacial score (nSPS) is 13.1. The molecule has 0 heterocycles. The highest BCUT2D eigenvalue weighted by molar-refractivity contribution is 5.85.